The molecule has 2 aromatic heterocycles. The summed E-state index contributed by atoms with van der Waals surface area (Å²) < 4.78 is 8.42. The van der Waals surface area contributed by atoms with Gasteiger partial charge in [0.2, 0.25) is 5.95 Å². The van der Waals surface area contributed by atoms with Crippen molar-refractivity contribution in [2.75, 3.05) is 12.4 Å². The first-order chi connectivity index (χ1) is 13.2. The normalized spacial score (nSPS) is 10.7. The summed E-state index contributed by atoms with van der Waals surface area (Å²) >= 11 is 1.18. The third-order valence-corrected chi connectivity index (χ3v) is 4.57. The van der Waals surface area contributed by atoms with Gasteiger partial charge in [-0.05, 0) is 29.8 Å². The molecule has 0 bridgehead atoms. The number of amides is 1. The highest BCUT2D eigenvalue weighted by Gasteiger charge is 2.14. The summed E-state index contributed by atoms with van der Waals surface area (Å²) in [5.41, 5.74) is 4.04. The van der Waals surface area contributed by atoms with Gasteiger partial charge in [-0.2, -0.15) is 8.75 Å². The minimum absolute atomic E-state index is 0.141. The predicted molar refractivity (Wildman–Crippen MR) is 105 cm³/mol. The molecule has 0 saturated carbocycles. The van der Waals surface area contributed by atoms with E-state index in [0.717, 1.165) is 22.3 Å². The lowest BCUT2D eigenvalue weighted by Crippen LogP contribution is -2.26. The van der Waals surface area contributed by atoms with Crippen LogP contribution in [0.25, 0.3) is 11.0 Å². The molecule has 2 heterocycles. The highest BCUT2D eigenvalue weighted by atomic mass is 32.1. The van der Waals surface area contributed by atoms with Crippen LogP contribution in [0, 0.1) is 0 Å². The van der Waals surface area contributed by atoms with E-state index in [1.54, 1.807) is 11.9 Å². The number of hydrogen-bond donors (Lipinski definition) is 1. The maximum atomic E-state index is 12.6. The van der Waals surface area contributed by atoms with Crippen molar-refractivity contribution in [2.45, 2.75) is 6.54 Å². The first kappa shape index (κ1) is 17.0. The van der Waals surface area contributed by atoms with Crippen LogP contribution in [0.1, 0.15) is 15.9 Å². The minimum Gasteiger partial charge on any atom is -0.337 e. The molecule has 0 saturated heterocycles. The third kappa shape index (κ3) is 3.90. The van der Waals surface area contributed by atoms with Crippen LogP contribution >= 0.6 is 11.7 Å². The zero-order chi connectivity index (χ0) is 18.6. The largest absolute Gasteiger partial charge is 0.337 e. The summed E-state index contributed by atoms with van der Waals surface area (Å²) in [6.45, 7) is 0.469. The molecule has 1 amide bonds. The van der Waals surface area contributed by atoms with Crippen molar-refractivity contribution >= 4 is 40.3 Å². The van der Waals surface area contributed by atoms with Gasteiger partial charge in [-0.3, -0.25) is 4.79 Å². The Hall–Kier alpha value is -3.39. The van der Waals surface area contributed by atoms with Gasteiger partial charge < -0.3 is 10.2 Å². The average Bonchev–Trinajstić information content (AvgIpc) is 3.16. The van der Waals surface area contributed by atoms with Crippen LogP contribution in [0.15, 0.2) is 60.9 Å². The van der Waals surface area contributed by atoms with E-state index in [-0.39, 0.29) is 5.91 Å². The SMILES string of the molecule is CN(Cc1ccc2nsnc2c1)C(=O)c1cnc(Nc2ccccc2)nc1. The Morgan fingerprint density at radius 2 is 1.78 bits per heavy atom. The molecule has 1 N–H and O–H groups in total. The fraction of sp³-hybridized carbons (Fsp3) is 0.105. The monoisotopic (exact) mass is 376 g/mol. The molecule has 0 spiro atoms. The van der Waals surface area contributed by atoms with Crippen molar-refractivity contribution in [3.63, 3.8) is 0 Å². The molecule has 4 aromatic rings. The van der Waals surface area contributed by atoms with Crippen molar-refractivity contribution < 1.29 is 4.79 Å². The summed E-state index contributed by atoms with van der Waals surface area (Å²) in [4.78, 5) is 22.7. The second kappa shape index (κ2) is 7.46. The first-order valence-electron chi connectivity index (χ1n) is 8.30. The van der Waals surface area contributed by atoms with E-state index < -0.39 is 0 Å². The summed E-state index contributed by atoms with van der Waals surface area (Å²) in [5.74, 6) is 0.305. The number of nitrogens with one attached hydrogen (secondary N) is 1. The van der Waals surface area contributed by atoms with Crippen molar-refractivity contribution in [1.29, 1.82) is 0 Å². The molecule has 134 valence electrons. The molecule has 0 aliphatic rings. The second-order valence-corrected chi connectivity index (χ2v) is 6.56. The summed E-state index contributed by atoms with van der Waals surface area (Å²) in [6.07, 6.45) is 3.06. The standard InChI is InChI=1S/C19H16N6OS/c1-25(12-13-7-8-16-17(9-13)24-27-23-16)18(26)14-10-20-19(21-11-14)22-15-5-3-2-4-6-15/h2-11H,12H2,1H3,(H,20,21,22). The van der Waals surface area contributed by atoms with Gasteiger partial charge in [0.15, 0.2) is 0 Å². The van der Waals surface area contributed by atoms with E-state index in [4.69, 9.17) is 0 Å². The number of fused-ring (bicyclic) bond motifs is 1. The molecule has 0 unspecified atom stereocenters. The number of para-hydroxylation sites is 1. The van der Waals surface area contributed by atoms with E-state index in [0.29, 0.717) is 18.1 Å². The fourth-order valence-electron chi connectivity index (χ4n) is 2.65. The van der Waals surface area contributed by atoms with E-state index in [2.05, 4.69) is 24.0 Å². The van der Waals surface area contributed by atoms with Crippen LogP contribution in [0.3, 0.4) is 0 Å². The van der Waals surface area contributed by atoms with Gasteiger partial charge in [-0.1, -0.05) is 24.3 Å². The van der Waals surface area contributed by atoms with Crippen LogP contribution in [0.5, 0.6) is 0 Å². The highest BCUT2D eigenvalue weighted by Crippen LogP contribution is 2.16. The second-order valence-electron chi connectivity index (χ2n) is 6.03. The first-order valence-corrected chi connectivity index (χ1v) is 9.03. The van der Waals surface area contributed by atoms with Gasteiger partial charge in [0.1, 0.15) is 11.0 Å². The molecular formula is C19H16N6OS. The van der Waals surface area contributed by atoms with Gasteiger partial charge in [-0.25, -0.2) is 9.97 Å². The summed E-state index contributed by atoms with van der Waals surface area (Å²) in [5, 5.41) is 3.09. The van der Waals surface area contributed by atoms with Crippen LogP contribution in [0.2, 0.25) is 0 Å². The Bertz CT molecular complexity index is 1060. The molecule has 7 nitrogen and oxygen atoms in total. The molecule has 0 radical (unpaired) electrons. The topological polar surface area (TPSA) is 83.9 Å². The maximum Gasteiger partial charge on any atom is 0.257 e. The Kier molecular flexibility index (Phi) is 4.71. The number of hydrogen-bond acceptors (Lipinski definition) is 7. The van der Waals surface area contributed by atoms with Crippen molar-refractivity contribution in [2.24, 2.45) is 0 Å². The molecule has 8 heteroatoms. The summed E-state index contributed by atoms with van der Waals surface area (Å²) in [6, 6.07) is 15.5. The van der Waals surface area contributed by atoms with Crippen LogP contribution in [0.4, 0.5) is 11.6 Å². The van der Waals surface area contributed by atoms with E-state index in [1.165, 1.54) is 24.1 Å². The number of carbonyl (C=O) groups excluding carboxylic acids is 1. The molecule has 0 aliphatic carbocycles. The Morgan fingerprint density at radius 3 is 2.56 bits per heavy atom. The zero-order valence-corrected chi connectivity index (χ0v) is 15.3. The lowest BCUT2D eigenvalue weighted by molar-refractivity contribution is 0.0784. The Labute approximate surface area is 160 Å². The van der Waals surface area contributed by atoms with Crippen molar-refractivity contribution in [3.8, 4) is 0 Å². The molecule has 0 atom stereocenters. The number of rotatable bonds is 5. The van der Waals surface area contributed by atoms with Crippen LogP contribution in [-0.4, -0.2) is 36.6 Å². The fourth-order valence-corrected chi connectivity index (χ4v) is 3.16. The van der Waals surface area contributed by atoms with Crippen molar-refractivity contribution in [3.05, 3.63) is 72.1 Å². The van der Waals surface area contributed by atoms with Crippen molar-refractivity contribution in [1.82, 2.24) is 23.6 Å². The minimum atomic E-state index is -0.141. The number of benzene rings is 2. The van der Waals surface area contributed by atoms with Crippen LogP contribution in [-0.2, 0) is 6.54 Å². The molecule has 2 aromatic carbocycles. The highest BCUT2D eigenvalue weighted by molar-refractivity contribution is 7.00. The van der Waals surface area contributed by atoms with Gasteiger partial charge in [0, 0.05) is 31.7 Å². The molecule has 4 rings (SSSR count). The van der Waals surface area contributed by atoms with Gasteiger partial charge in [0.05, 0.1) is 17.3 Å². The molecule has 0 aliphatic heterocycles. The molecule has 27 heavy (non-hydrogen) atoms. The quantitative estimate of drug-likeness (QED) is 0.574. The zero-order valence-electron chi connectivity index (χ0n) is 14.5. The Balaban J connectivity index is 1.43. The molecule has 0 fully saturated rings. The smallest absolute Gasteiger partial charge is 0.257 e. The number of aromatic nitrogens is 4. The van der Waals surface area contributed by atoms with Gasteiger partial charge >= 0.3 is 0 Å². The Morgan fingerprint density at radius 1 is 1.04 bits per heavy atom. The van der Waals surface area contributed by atoms with E-state index in [9.17, 15) is 4.79 Å². The number of nitrogens with zero attached hydrogens (tertiary/aromatic N) is 5. The van der Waals surface area contributed by atoms with Gasteiger partial charge in [0.25, 0.3) is 5.91 Å². The maximum absolute atomic E-state index is 12.6. The van der Waals surface area contributed by atoms with E-state index >= 15 is 0 Å². The average molecular weight is 376 g/mol. The summed E-state index contributed by atoms with van der Waals surface area (Å²) in [7, 11) is 1.75. The van der Waals surface area contributed by atoms with Crippen LogP contribution < -0.4 is 5.32 Å². The van der Waals surface area contributed by atoms with Gasteiger partial charge in [-0.15, -0.1) is 0 Å². The lowest BCUT2D eigenvalue weighted by atomic mass is 10.2. The molecular weight excluding hydrogens is 360 g/mol. The number of anilines is 2. The lowest BCUT2D eigenvalue weighted by Gasteiger charge is -2.17. The van der Waals surface area contributed by atoms with E-state index in [1.807, 2.05) is 48.5 Å². The number of carbonyl (C=O) groups is 1. The predicted octanol–water partition coefficient (Wildman–Crippen LogP) is 3.50. The third-order valence-electron chi connectivity index (χ3n) is 4.01.